The van der Waals surface area contributed by atoms with Crippen molar-refractivity contribution in [2.75, 3.05) is 7.11 Å². The van der Waals surface area contributed by atoms with Gasteiger partial charge in [0.15, 0.2) is 9.84 Å². The lowest BCUT2D eigenvalue weighted by Gasteiger charge is -2.07. The van der Waals surface area contributed by atoms with Crippen molar-refractivity contribution in [3.8, 4) is 0 Å². The maximum absolute atomic E-state index is 12.0. The molecular formula is C12H14O4S. The molecule has 1 aromatic carbocycles. The molecule has 0 heterocycles. The quantitative estimate of drug-likeness (QED) is 0.770. The fourth-order valence-corrected chi connectivity index (χ4v) is 3.36. The standard InChI is InChI=1S/C12H14O4S/c1-8-3-4-10(7-11(8)12(13)16-2)17(14,15)9-5-6-9/h3-4,7,9H,5-6H2,1-2H3. The Balaban J connectivity index is 2.47. The van der Waals surface area contributed by atoms with Gasteiger partial charge in [-0.05, 0) is 37.5 Å². The van der Waals surface area contributed by atoms with Crippen LogP contribution in [0.25, 0.3) is 0 Å². The molecular weight excluding hydrogens is 240 g/mol. The van der Waals surface area contributed by atoms with E-state index in [2.05, 4.69) is 4.74 Å². The number of benzene rings is 1. The molecule has 0 spiro atoms. The van der Waals surface area contributed by atoms with Crippen molar-refractivity contribution in [1.82, 2.24) is 0 Å². The zero-order chi connectivity index (χ0) is 12.6. The zero-order valence-electron chi connectivity index (χ0n) is 9.76. The van der Waals surface area contributed by atoms with Crippen LogP contribution in [0.1, 0.15) is 28.8 Å². The molecule has 1 aromatic rings. The minimum atomic E-state index is -3.25. The van der Waals surface area contributed by atoms with Gasteiger partial charge in [-0.25, -0.2) is 13.2 Å². The molecule has 0 aliphatic heterocycles. The van der Waals surface area contributed by atoms with Gasteiger partial charge in [-0.1, -0.05) is 6.07 Å². The van der Waals surface area contributed by atoms with Crippen LogP contribution in [0.4, 0.5) is 0 Å². The summed E-state index contributed by atoms with van der Waals surface area (Å²) in [6.45, 7) is 1.75. The number of methoxy groups -OCH3 is 1. The molecule has 92 valence electrons. The second-order valence-electron chi connectivity index (χ2n) is 4.21. The number of hydrogen-bond acceptors (Lipinski definition) is 4. The number of rotatable bonds is 3. The highest BCUT2D eigenvalue weighted by Gasteiger charge is 2.37. The molecule has 1 aliphatic carbocycles. The van der Waals surface area contributed by atoms with Crippen LogP contribution < -0.4 is 0 Å². The number of aryl methyl sites for hydroxylation is 1. The molecule has 1 saturated carbocycles. The summed E-state index contributed by atoms with van der Waals surface area (Å²) < 4.78 is 28.7. The predicted octanol–water partition coefficient (Wildman–Crippen LogP) is 1.72. The van der Waals surface area contributed by atoms with E-state index in [1.165, 1.54) is 13.2 Å². The first-order valence-electron chi connectivity index (χ1n) is 5.39. The Morgan fingerprint density at radius 2 is 2.00 bits per heavy atom. The number of carbonyl (C=O) groups excluding carboxylic acids is 1. The molecule has 5 heteroatoms. The Morgan fingerprint density at radius 3 is 2.53 bits per heavy atom. The molecule has 17 heavy (non-hydrogen) atoms. The Bertz CT molecular complexity index is 556. The third-order valence-corrected chi connectivity index (χ3v) is 5.17. The molecule has 1 aliphatic rings. The molecule has 1 fully saturated rings. The largest absolute Gasteiger partial charge is 0.465 e. The van der Waals surface area contributed by atoms with Gasteiger partial charge >= 0.3 is 5.97 Å². The molecule has 0 amide bonds. The lowest BCUT2D eigenvalue weighted by atomic mass is 10.1. The van der Waals surface area contributed by atoms with Crippen LogP contribution in [0.2, 0.25) is 0 Å². The average Bonchev–Trinajstić information content (AvgIpc) is 3.12. The summed E-state index contributed by atoms with van der Waals surface area (Å²) in [5.74, 6) is -0.504. The fraction of sp³-hybridized carbons (Fsp3) is 0.417. The van der Waals surface area contributed by atoms with E-state index >= 15 is 0 Å². The van der Waals surface area contributed by atoms with Gasteiger partial charge in [0.2, 0.25) is 0 Å². The minimum Gasteiger partial charge on any atom is -0.465 e. The Hall–Kier alpha value is -1.36. The molecule has 2 rings (SSSR count). The Kier molecular flexibility index (Phi) is 2.95. The first kappa shape index (κ1) is 12.1. The average molecular weight is 254 g/mol. The van der Waals surface area contributed by atoms with Crippen molar-refractivity contribution in [1.29, 1.82) is 0 Å². The first-order chi connectivity index (χ1) is 7.96. The summed E-state index contributed by atoms with van der Waals surface area (Å²) in [5.41, 5.74) is 1.03. The van der Waals surface area contributed by atoms with Crippen LogP contribution in [0, 0.1) is 6.92 Å². The topological polar surface area (TPSA) is 60.4 Å². The highest BCUT2D eigenvalue weighted by Crippen LogP contribution is 2.34. The van der Waals surface area contributed by atoms with E-state index in [1.54, 1.807) is 19.1 Å². The first-order valence-corrected chi connectivity index (χ1v) is 6.94. The number of carbonyl (C=O) groups is 1. The molecule has 0 radical (unpaired) electrons. The molecule has 0 atom stereocenters. The van der Waals surface area contributed by atoms with Crippen molar-refractivity contribution in [3.05, 3.63) is 29.3 Å². The number of esters is 1. The predicted molar refractivity (Wildman–Crippen MR) is 62.7 cm³/mol. The molecule has 0 bridgehead atoms. The smallest absolute Gasteiger partial charge is 0.338 e. The monoisotopic (exact) mass is 254 g/mol. The Labute approximate surface area is 101 Å². The third-order valence-electron chi connectivity index (χ3n) is 2.91. The van der Waals surface area contributed by atoms with Crippen molar-refractivity contribution in [2.24, 2.45) is 0 Å². The molecule has 0 aromatic heterocycles. The van der Waals surface area contributed by atoms with Gasteiger partial charge in [0.05, 0.1) is 22.8 Å². The summed E-state index contributed by atoms with van der Waals surface area (Å²) in [6, 6.07) is 4.60. The van der Waals surface area contributed by atoms with Gasteiger partial charge in [-0.3, -0.25) is 0 Å². The summed E-state index contributed by atoms with van der Waals surface area (Å²) in [6.07, 6.45) is 1.42. The van der Waals surface area contributed by atoms with E-state index < -0.39 is 15.8 Å². The SMILES string of the molecule is COC(=O)c1cc(S(=O)(=O)C2CC2)ccc1C. The molecule has 4 nitrogen and oxygen atoms in total. The van der Waals surface area contributed by atoms with Gasteiger partial charge in [-0.2, -0.15) is 0 Å². The Morgan fingerprint density at radius 1 is 1.35 bits per heavy atom. The van der Waals surface area contributed by atoms with Crippen LogP contribution >= 0.6 is 0 Å². The van der Waals surface area contributed by atoms with Crippen LogP contribution in [0.5, 0.6) is 0 Å². The van der Waals surface area contributed by atoms with Crippen molar-refractivity contribution in [3.63, 3.8) is 0 Å². The van der Waals surface area contributed by atoms with E-state index in [1.807, 2.05) is 0 Å². The van der Waals surface area contributed by atoms with Gasteiger partial charge in [-0.15, -0.1) is 0 Å². The van der Waals surface area contributed by atoms with Crippen molar-refractivity contribution >= 4 is 15.8 Å². The summed E-state index contributed by atoms with van der Waals surface area (Å²) in [4.78, 5) is 11.7. The van der Waals surface area contributed by atoms with Crippen molar-refractivity contribution < 1.29 is 17.9 Å². The van der Waals surface area contributed by atoms with Gasteiger partial charge in [0.25, 0.3) is 0 Å². The van der Waals surface area contributed by atoms with Crippen molar-refractivity contribution in [2.45, 2.75) is 29.9 Å². The van der Waals surface area contributed by atoms with E-state index in [9.17, 15) is 13.2 Å². The van der Waals surface area contributed by atoms with Crippen LogP contribution in [0.15, 0.2) is 23.1 Å². The lowest BCUT2D eigenvalue weighted by molar-refractivity contribution is 0.0599. The molecule has 0 saturated heterocycles. The van der Waals surface area contributed by atoms with Crippen LogP contribution in [-0.2, 0) is 14.6 Å². The second-order valence-corrected chi connectivity index (χ2v) is 6.44. The summed E-state index contributed by atoms with van der Waals surface area (Å²) in [5, 5.41) is -0.268. The zero-order valence-corrected chi connectivity index (χ0v) is 10.6. The number of sulfone groups is 1. The van der Waals surface area contributed by atoms with Crippen LogP contribution in [0.3, 0.4) is 0 Å². The fourth-order valence-electron chi connectivity index (χ4n) is 1.68. The van der Waals surface area contributed by atoms with Gasteiger partial charge in [0.1, 0.15) is 0 Å². The highest BCUT2D eigenvalue weighted by molar-refractivity contribution is 7.92. The van der Waals surface area contributed by atoms with E-state index in [4.69, 9.17) is 0 Å². The summed E-state index contributed by atoms with van der Waals surface area (Å²) in [7, 11) is -1.97. The second kappa shape index (κ2) is 4.14. The van der Waals surface area contributed by atoms with Crippen LogP contribution in [-0.4, -0.2) is 26.7 Å². The molecule has 0 unspecified atom stereocenters. The number of hydrogen-bond donors (Lipinski definition) is 0. The highest BCUT2D eigenvalue weighted by atomic mass is 32.2. The molecule has 0 N–H and O–H groups in total. The van der Waals surface area contributed by atoms with E-state index in [-0.39, 0.29) is 10.1 Å². The summed E-state index contributed by atoms with van der Waals surface area (Å²) >= 11 is 0. The lowest BCUT2D eigenvalue weighted by Crippen LogP contribution is -2.10. The minimum absolute atomic E-state index is 0.214. The number of ether oxygens (including phenoxy) is 1. The maximum Gasteiger partial charge on any atom is 0.338 e. The normalized spacial score (nSPS) is 15.6. The van der Waals surface area contributed by atoms with Gasteiger partial charge < -0.3 is 4.74 Å². The van der Waals surface area contributed by atoms with E-state index in [0.29, 0.717) is 24.0 Å². The van der Waals surface area contributed by atoms with E-state index in [0.717, 1.165) is 0 Å². The van der Waals surface area contributed by atoms with Gasteiger partial charge in [0, 0.05) is 0 Å². The third kappa shape index (κ3) is 2.20. The maximum atomic E-state index is 12.0.